The molecule has 1 heterocycles. The predicted octanol–water partition coefficient (Wildman–Crippen LogP) is 1.37. The molecule has 2 rings (SSSR count). The number of nitrogens with one attached hydrogen (secondary N) is 2. The number of hydrogen-bond acceptors (Lipinski definition) is 3. The number of hydrogen-bond donors (Lipinski definition) is 3. The molecule has 25 heavy (non-hydrogen) atoms. The van der Waals surface area contributed by atoms with E-state index in [1.165, 1.54) is 23.1 Å². The first-order valence-electron chi connectivity index (χ1n) is 8.18. The minimum Gasteiger partial charge on any atom is -0.481 e. The number of likely N-dealkylation sites (tertiary alicyclic amines) is 1. The Morgan fingerprint density at radius 1 is 1.28 bits per heavy atom. The number of amides is 3. The van der Waals surface area contributed by atoms with E-state index in [1.54, 1.807) is 6.92 Å². The molecule has 3 amide bonds. The van der Waals surface area contributed by atoms with Gasteiger partial charge >= 0.3 is 12.0 Å². The fourth-order valence-electron chi connectivity index (χ4n) is 2.66. The van der Waals surface area contributed by atoms with Gasteiger partial charge in [0, 0.05) is 31.7 Å². The van der Waals surface area contributed by atoms with Crippen molar-refractivity contribution in [3.05, 3.63) is 35.1 Å². The number of nitrogens with zero attached hydrogens (tertiary/aromatic N) is 1. The van der Waals surface area contributed by atoms with Gasteiger partial charge in [-0.2, -0.15) is 0 Å². The minimum atomic E-state index is -0.893. The Morgan fingerprint density at radius 2 is 2.00 bits per heavy atom. The Balaban J connectivity index is 1.73. The maximum Gasteiger partial charge on any atom is 0.317 e. The van der Waals surface area contributed by atoms with Crippen molar-refractivity contribution in [2.45, 2.75) is 19.8 Å². The number of carboxylic acids is 1. The fourth-order valence-corrected chi connectivity index (χ4v) is 2.66. The van der Waals surface area contributed by atoms with Crippen molar-refractivity contribution in [1.82, 2.24) is 15.5 Å². The Bertz CT molecular complexity index is 665. The fraction of sp³-hybridized carbons (Fsp3) is 0.471. The van der Waals surface area contributed by atoms with Crippen LogP contribution in [0.15, 0.2) is 18.2 Å². The van der Waals surface area contributed by atoms with Crippen LogP contribution in [0.1, 0.15) is 28.8 Å². The van der Waals surface area contributed by atoms with Crippen LogP contribution in [0.5, 0.6) is 0 Å². The van der Waals surface area contributed by atoms with E-state index in [2.05, 4.69) is 10.6 Å². The second kappa shape index (κ2) is 8.46. The first-order valence-corrected chi connectivity index (χ1v) is 8.18. The van der Waals surface area contributed by atoms with Crippen LogP contribution >= 0.6 is 0 Å². The molecule has 136 valence electrons. The van der Waals surface area contributed by atoms with Gasteiger partial charge in [-0.15, -0.1) is 0 Å². The number of aryl methyl sites for hydroxylation is 1. The lowest BCUT2D eigenvalue weighted by atomic mass is 9.99. The molecule has 0 bridgehead atoms. The van der Waals surface area contributed by atoms with Gasteiger partial charge in [-0.05, 0) is 37.5 Å². The Labute approximate surface area is 145 Å². The van der Waals surface area contributed by atoms with Crippen molar-refractivity contribution in [2.75, 3.05) is 26.2 Å². The highest BCUT2D eigenvalue weighted by Crippen LogP contribution is 2.16. The van der Waals surface area contributed by atoms with Gasteiger partial charge in [-0.25, -0.2) is 9.18 Å². The maximum absolute atomic E-state index is 13.4. The van der Waals surface area contributed by atoms with Crippen LogP contribution < -0.4 is 10.6 Å². The number of rotatable bonds is 5. The van der Waals surface area contributed by atoms with Gasteiger partial charge in [-0.3, -0.25) is 9.59 Å². The third kappa shape index (κ3) is 5.17. The molecule has 1 saturated heterocycles. The van der Waals surface area contributed by atoms with Gasteiger partial charge in [0.25, 0.3) is 5.91 Å². The topological polar surface area (TPSA) is 98.7 Å². The lowest BCUT2D eigenvalue weighted by Gasteiger charge is -2.30. The average molecular weight is 351 g/mol. The Hall–Kier alpha value is -2.64. The highest BCUT2D eigenvalue weighted by atomic mass is 19.1. The molecule has 0 saturated carbocycles. The van der Waals surface area contributed by atoms with E-state index in [0.717, 1.165) is 0 Å². The molecule has 0 spiro atoms. The molecule has 0 aromatic heterocycles. The maximum atomic E-state index is 13.4. The summed E-state index contributed by atoms with van der Waals surface area (Å²) in [7, 11) is 0. The van der Waals surface area contributed by atoms with Gasteiger partial charge in [0.05, 0.1) is 5.92 Å². The zero-order valence-corrected chi connectivity index (χ0v) is 14.0. The van der Waals surface area contributed by atoms with Crippen molar-refractivity contribution < 1.29 is 23.9 Å². The van der Waals surface area contributed by atoms with Crippen molar-refractivity contribution in [2.24, 2.45) is 5.92 Å². The normalized spacial score (nSPS) is 17.0. The molecule has 1 aromatic rings. The monoisotopic (exact) mass is 351 g/mol. The van der Waals surface area contributed by atoms with E-state index in [1.807, 2.05) is 0 Å². The first kappa shape index (κ1) is 18.7. The number of benzene rings is 1. The smallest absolute Gasteiger partial charge is 0.317 e. The number of carbonyl (C=O) groups excluding carboxylic acids is 2. The third-order valence-corrected chi connectivity index (χ3v) is 4.18. The predicted molar refractivity (Wildman–Crippen MR) is 88.8 cm³/mol. The molecule has 1 aromatic carbocycles. The minimum absolute atomic E-state index is 0.191. The quantitative estimate of drug-likeness (QED) is 0.698. The summed E-state index contributed by atoms with van der Waals surface area (Å²) in [5.74, 6) is -2.29. The standard InChI is InChI=1S/C17H22FN3O4/c1-11-4-5-12(9-14(11)18)15(22)19-6-7-20-17(25)21-8-2-3-13(10-21)16(23)24/h4-5,9,13H,2-3,6-8,10H2,1H3,(H,19,22)(H,20,25)(H,23,24). The zero-order valence-electron chi connectivity index (χ0n) is 14.0. The number of carboxylic acid groups (broad SMARTS) is 1. The van der Waals surface area contributed by atoms with Crippen molar-refractivity contribution in [3.8, 4) is 0 Å². The summed E-state index contributed by atoms with van der Waals surface area (Å²) >= 11 is 0. The number of aliphatic carboxylic acids is 1. The van der Waals surface area contributed by atoms with Crippen LogP contribution in [-0.2, 0) is 4.79 Å². The summed E-state index contributed by atoms with van der Waals surface area (Å²) in [6.07, 6.45) is 1.22. The summed E-state index contributed by atoms with van der Waals surface area (Å²) in [4.78, 5) is 36.4. The van der Waals surface area contributed by atoms with Crippen LogP contribution in [0.25, 0.3) is 0 Å². The summed E-state index contributed by atoms with van der Waals surface area (Å²) in [6.45, 7) is 2.71. The molecule has 3 N–H and O–H groups in total. The van der Waals surface area contributed by atoms with Crippen molar-refractivity contribution >= 4 is 17.9 Å². The molecule has 1 atom stereocenters. The third-order valence-electron chi connectivity index (χ3n) is 4.18. The van der Waals surface area contributed by atoms with E-state index in [-0.39, 0.29) is 31.2 Å². The molecule has 0 radical (unpaired) electrons. The number of urea groups is 1. The van der Waals surface area contributed by atoms with Gasteiger partial charge in [0.1, 0.15) is 5.82 Å². The van der Waals surface area contributed by atoms with Crippen LogP contribution in [0.4, 0.5) is 9.18 Å². The van der Waals surface area contributed by atoms with Crippen molar-refractivity contribution in [3.63, 3.8) is 0 Å². The number of carbonyl (C=O) groups is 3. The molecule has 8 heteroatoms. The Kier molecular flexibility index (Phi) is 6.32. The van der Waals surface area contributed by atoms with E-state index in [0.29, 0.717) is 24.9 Å². The summed E-state index contributed by atoms with van der Waals surface area (Å²) in [5.41, 5.74) is 0.680. The van der Waals surface area contributed by atoms with Gasteiger partial charge in [0.15, 0.2) is 0 Å². The van der Waals surface area contributed by atoms with Crippen LogP contribution in [-0.4, -0.2) is 54.1 Å². The second-order valence-corrected chi connectivity index (χ2v) is 6.08. The molecule has 0 aliphatic carbocycles. The second-order valence-electron chi connectivity index (χ2n) is 6.08. The molecule has 1 unspecified atom stereocenters. The van der Waals surface area contributed by atoms with E-state index < -0.39 is 23.6 Å². The average Bonchev–Trinajstić information content (AvgIpc) is 2.60. The zero-order chi connectivity index (χ0) is 18.4. The summed E-state index contributed by atoms with van der Waals surface area (Å²) < 4.78 is 13.4. The molecule has 7 nitrogen and oxygen atoms in total. The lowest BCUT2D eigenvalue weighted by Crippen LogP contribution is -2.48. The summed E-state index contributed by atoms with van der Waals surface area (Å²) in [6, 6.07) is 3.89. The molecule has 1 fully saturated rings. The largest absolute Gasteiger partial charge is 0.481 e. The van der Waals surface area contributed by atoms with Crippen LogP contribution in [0.3, 0.4) is 0 Å². The van der Waals surface area contributed by atoms with Gasteiger partial charge in [0.2, 0.25) is 0 Å². The van der Waals surface area contributed by atoms with Crippen molar-refractivity contribution in [1.29, 1.82) is 0 Å². The van der Waals surface area contributed by atoms with E-state index in [4.69, 9.17) is 5.11 Å². The van der Waals surface area contributed by atoms with Gasteiger partial charge in [-0.1, -0.05) is 6.07 Å². The summed E-state index contributed by atoms with van der Waals surface area (Å²) in [5, 5.41) is 14.3. The lowest BCUT2D eigenvalue weighted by molar-refractivity contribution is -0.143. The van der Waals surface area contributed by atoms with Crippen LogP contribution in [0, 0.1) is 18.7 Å². The molecule has 1 aliphatic heterocycles. The van der Waals surface area contributed by atoms with Gasteiger partial charge < -0.3 is 20.6 Å². The number of piperidine rings is 1. The molecule has 1 aliphatic rings. The van der Waals surface area contributed by atoms with E-state index >= 15 is 0 Å². The SMILES string of the molecule is Cc1ccc(C(=O)NCCNC(=O)N2CCCC(C(=O)O)C2)cc1F. The highest BCUT2D eigenvalue weighted by molar-refractivity contribution is 5.94. The van der Waals surface area contributed by atoms with Crippen LogP contribution in [0.2, 0.25) is 0 Å². The molecular weight excluding hydrogens is 329 g/mol. The first-order chi connectivity index (χ1) is 11.9. The molecular formula is C17H22FN3O4. The van der Waals surface area contributed by atoms with E-state index in [9.17, 15) is 18.8 Å². The highest BCUT2D eigenvalue weighted by Gasteiger charge is 2.27. The Morgan fingerprint density at radius 3 is 2.68 bits per heavy atom. The number of halogens is 1.